The molecule has 1 unspecified atom stereocenters. The molecule has 0 N–H and O–H groups in total. The molecule has 0 radical (unpaired) electrons. The van der Waals surface area contributed by atoms with Crippen molar-refractivity contribution < 1.29 is 4.74 Å². The molecule has 5 heteroatoms. The Morgan fingerprint density at radius 2 is 2.47 bits per heavy atom. The van der Waals surface area contributed by atoms with Crippen molar-refractivity contribution in [3.63, 3.8) is 0 Å². The average molecular weight is 268 g/mol. The van der Waals surface area contributed by atoms with Crippen molar-refractivity contribution in [2.75, 3.05) is 6.61 Å². The Morgan fingerprint density at radius 1 is 1.53 bits per heavy atom. The van der Waals surface area contributed by atoms with Crippen molar-refractivity contribution in [3.8, 4) is 0 Å². The van der Waals surface area contributed by atoms with E-state index in [1.165, 1.54) is 0 Å². The molecule has 1 saturated heterocycles. The molecule has 1 aliphatic heterocycles. The highest BCUT2D eigenvalue weighted by atomic mass is 79.9. The van der Waals surface area contributed by atoms with Gasteiger partial charge in [0.15, 0.2) is 11.5 Å². The van der Waals surface area contributed by atoms with Gasteiger partial charge in [-0.2, -0.15) is 0 Å². The number of nitrogens with zero attached hydrogens (tertiary/aromatic N) is 3. The summed E-state index contributed by atoms with van der Waals surface area (Å²) in [5.41, 5.74) is 0.856. The van der Waals surface area contributed by atoms with Crippen LogP contribution in [0.3, 0.4) is 0 Å². The van der Waals surface area contributed by atoms with E-state index in [-0.39, 0.29) is 6.10 Å². The van der Waals surface area contributed by atoms with Gasteiger partial charge in [0, 0.05) is 17.3 Å². The van der Waals surface area contributed by atoms with E-state index in [2.05, 4.69) is 26.0 Å². The van der Waals surface area contributed by atoms with E-state index < -0.39 is 0 Å². The minimum atomic E-state index is 0.0867. The molecule has 4 nitrogen and oxygen atoms in total. The number of rotatable bonds is 1. The third-order valence-electron chi connectivity index (χ3n) is 2.53. The van der Waals surface area contributed by atoms with Crippen LogP contribution in [0.15, 0.2) is 22.8 Å². The lowest BCUT2D eigenvalue weighted by Gasteiger charge is -2.01. The zero-order valence-electron chi connectivity index (χ0n) is 8.06. The number of ether oxygens (including phenoxy) is 1. The largest absolute Gasteiger partial charge is 0.370 e. The first-order valence-corrected chi connectivity index (χ1v) is 5.76. The van der Waals surface area contributed by atoms with Crippen LogP contribution in [-0.4, -0.2) is 21.2 Å². The van der Waals surface area contributed by atoms with E-state index in [0.29, 0.717) is 0 Å². The van der Waals surface area contributed by atoms with Gasteiger partial charge in [0.2, 0.25) is 0 Å². The second-order valence-corrected chi connectivity index (χ2v) is 4.54. The maximum atomic E-state index is 5.55. The van der Waals surface area contributed by atoms with Crippen LogP contribution in [-0.2, 0) is 4.74 Å². The molecular weight excluding hydrogens is 258 g/mol. The zero-order valence-corrected chi connectivity index (χ0v) is 9.64. The Hall–Kier alpha value is -0.940. The van der Waals surface area contributed by atoms with Crippen LogP contribution < -0.4 is 0 Å². The van der Waals surface area contributed by atoms with Gasteiger partial charge in [0.25, 0.3) is 0 Å². The van der Waals surface area contributed by atoms with Crippen LogP contribution in [0.25, 0.3) is 5.65 Å². The lowest BCUT2D eigenvalue weighted by atomic mass is 10.2. The first kappa shape index (κ1) is 9.30. The van der Waals surface area contributed by atoms with Gasteiger partial charge in [-0.15, -0.1) is 5.10 Å². The highest BCUT2D eigenvalue weighted by Crippen LogP contribution is 2.26. The minimum absolute atomic E-state index is 0.0867. The average Bonchev–Trinajstić information content (AvgIpc) is 2.84. The predicted octanol–water partition coefficient (Wildman–Crippen LogP) is 2.34. The van der Waals surface area contributed by atoms with Gasteiger partial charge in [0.1, 0.15) is 6.10 Å². The Bertz CT molecular complexity index is 490. The molecular formula is C10H10BrN3O. The summed E-state index contributed by atoms with van der Waals surface area (Å²) in [5.74, 6) is 0.797. The smallest absolute Gasteiger partial charge is 0.180 e. The molecule has 2 aromatic rings. The van der Waals surface area contributed by atoms with E-state index >= 15 is 0 Å². The number of halogens is 1. The van der Waals surface area contributed by atoms with Gasteiger partial charge in [-0.25, -0.2) is 9.50 Å². The fraction of sp³-hybridized carbons (Fsp3) is 0.400. The van der Waals surface area contributed by atoms with Crippen molar-refractivity contribution in [3.05, 3.63) is 28.6 Å². The van der Waals surface area contributed by atoms with Crippen molar-refractivity contribution >= 4 is 21.6 Å². The van der Waals surface area contributed by atoms with Crippen LogP contribution in [0, 0.1) is 0 Å². The Labute approximate surface area is 95.4 Å². The lowest BCUT2D eigenvalue weighted by molar-refractivity contribution is 0.105. The lowest BCUT2D eigenvalue weighted by Crippen LogP contribution is -1.98. The second-order valence-electron chi connectivity index (χ2n) is 3.62. The zero-order chi connectivity index (χ0) is 10.3. The van der Waals surface area contributed by atoms with Gasteiger partial charge < -0.3 is 4.74 Å². The summed E-state index contributed by atoms with van der Waals surface area (Å²) in [5, 5.41) is 4.40. The topological polar surface area (TPSA) is 39.4 Å². The monoisotopic (exact) mass is 267 g/mol. The summed E-state index contributed by atoms with van der Waals surface area (Å²) in [7, 11) is 0. The quantitative estimate of drug-likeness (QED) is 0.796. The highest BCUT2D eigenvalue weighted by Gasteiger charge is 2.21. The molecule has 1 atom stereocenters. The third-order valence-corrected chi connectivity index (χ3v) is 3.03. The molecule has 0 saturated carbocycles. The normalized spacial score (nSPS) is 21.3. The maximum absolute atomic E-state index is 5.55. The van der Waals surface area contributed by atoms with Crippen LogP contribution in [0.4, 0.5) is 0 Å². The molecule has 0 aliphatic carbocycles. The number of fused-ring (bicyclic) bond motifs is 1. The minimum Gasteiger partial charge on any atom is -0.370 e. The summed E-state index contributed by atoms with van der Waals surface area (Å²) in [6, 6.07) is 3.90. The Morgan fingerprint density at radius 3 is 3.27 bits per heavy atom. The van der Waals surface area contributed by atoms with Crippen LogP contribution >= 0.6 is 15.9 Å². The SMILES string of the molecule is Brc1ccn2nc(C3CCCO3)nc2c1. The van der Waals surface area contributed by atoms with Gasteiger partial charge in [-0.1, -0.05) is 15.9 Å². The fourth-order valence-electron chi connectivity index (χ4n) is 1.79. The third kappa shape index (κ3) is 1.66. The van der Waals surface area contributed by atoms with Gasteiger partial charge in [-0.3, -0.25) is 0 Å². The number of aromatic nitrogens is 3. The van der Waals surface area contributed by atoms with Crippen molar-refractivity contribution in [2.45, 2.75) is 18.9 Å². The molecule has 3 rings (SSSR count). The van der Waals surface area contributed by atoms with E-state index in [1.807, 2.05) is 18.3 Å². The van der Waals surface area contributed by atoms with Crippen LogP contribution in [0.5, 0.6) is 0 Å². The summed E-state index contributed by atoms with van der Waals surface area (Å²) >= 11 is 3.41. The molecule has 0 amide bonds. The summed E-state index contributed by atoms with van der Waals surface area (Å²) in [4.78, 5) is 4.45. The molecule has 78 valence electrons. The van der Waals surface area contributed by atoms with Crippen molar-refractivity contribution in [2.24, 2.45) is 0 Å². The van der Waals surface area contributed by atoms with Gasteiger partial charge >= 0.3 is 0 Å². The van der Waals surface area contributed by atoms with Crippen LogP contribution in [0.1, 0.15) is 24.8 Å². The van der Waals surface area contributed by atoms with E-state index in [0.717, 1.165) is 35.4 Å². The van der Waals surface area contributed by atoms with Crippen molar-refractivity contribution in [1.82, 2.24) is 14.6 Å². The fourth-order valence-corrected chi connectivity index (χ4v) is 2.11. The molecule has 1 fully saturated rings. The van der Waals surface area contributed by atoms with Crippen LogP contribution in [0.2, 0.25) is 0 Å². The first-order valence-electron chi connectivity index (χ1n) is 4.96. The molecule has 1 aliphatic rings. The van der Waals surface area contributed by atoms with E-state index in [4.69, 9.17) is 4.74 Å². The summed E-state index contributed by atoms with van der Waals surface area (Å²) < 4.78 is 8.34. The Kier molecular flexibility index (Phi) is 2.21. The number of hydrogen-bond acceptors (Lipinski definition) is 3. The van der Waals surface area contributed by atoms with Gasteiger partial charge in [0.05, 0.1) is 0 Å². The Balaban J connectivity index is 2.05. The number of pyridine rings is 1. The maximum Gasteiger partial charge on any atom is 0.180 e. The highest BCUT2D eigenvalue weighted by molar-refractivity contribution is 9.10. The van der Waals surface area contributed by atoms with Gasteiger partial charge in [-0.05, 0) is 25.0 Å². The standard InChI is InChI=1S/C10H10BrN3O/c11-7-3-4-14-9(6-7)12-10(13-14)8-2-1-5-15-8/h3-4,6,8H,1-2,5H2. The molecule has 3 heterocycles. The summed E-state index contributed by atoms with van der Waals surface area (Å²) in [6.45, 7) is 0.823. The van der Waals surface area contributed by atoms with Crippen molar-refractivity contribution in [1.29, 1.82) is 0 Å². The first-order chi connectivity index (χ1) is 7.33. The predicted molar refractivity (Wildman–Crippen MR) is 58.6 cm³/mol. The molecule has 2 aromatic heterocycles. The summed E-state index contributed by atoms with van der Waals surface area (Å²) in [6.07, 6.45) is 4.11. The van der Waals surface area contributed by atoms with E-state index in [9.17, 15) is 0 Å². The second kappa shape index (κ2) is 3.57. The molecule has 0 aromatic carbocycles. The molecule has 15 heavy (non-hydrogen) atoms. The molecule has 0 spiro atoms. The van der Waals surface area contributed by atoms with E-state index in [1.54, 1.807) is 4.52 Å². The number of hydrogen-bond donors (Lipinski definition) is 0. The molecule has 0 bridgehead atoms.